The summed E-state index contributed by atoms with van der Waals surface area (Å²) in [6.45, 7) is 1.75. The summed E-state index contributed by atoms with van der Waals surface area (Å²) in [5, 5.41) is 6.26. The van der Waals surface area contributed by atoms with Gasteiger partial charge in [-0.25, -0.2) is 9.37 Å². The fourth-order valence-corrected chi connectivity index (χ4v) is 2.13. The van der Waals surface area contributed by atoms with E-state index in [0.29, 0.717) is 43.7 Å². The monoisotopic (exact) mass is 474 g/mol. The third-order valence-corrected chi connectivity index (χ3v) is 3.45. The first-order chi connectivity index (χ1) is 12.2. The zero-order valence-electron chi connectivity index (χ0n) is 14.9. The fourth-order valence-electron chi connectivity index (χ4n) is 2.13. The molecule has 0 amide bonds. The molecule has 2 N–H and O–H groups in total. The van der Waals surface area contributed by atoms with Crippen molar-refractivity contribution in [3.63, 3.8) is 0 Å². The molecular weight excluding hydrogens is 450 g/mol. The molecule has 0 aliphatic carbocycles. The molecule has 142 valence electrons. The Hall–Kier alpha value is -1.94. The molecule has 0 radical (unpaired) electrons. The van der Waals surface area contributed by atoms with Crippen molar-refractivity contribution < 1.29 is 13.9 Å². The van der Waals surface area contributed by atoms with Gasteiger partial charge < -0.3 is 20.1 Å². The minimum absolute atomic E-state index is 0. The maximum absolute atomic E-state index is 13.7. The number of pyridine rings is 1. The number of nitrogens with zero attached hydrogens (tertiary/aromatic N) is 2. The van der Waals surface area contributed by atoms with Crippen LogP contribution in [-0.2, 0) is 17.8 Å². The van der Waals surface area contributed by atoms with Gasteiger partial charge in [-0.05, 0) is 12.1 Å². The Labute approximate surface area is 170 Å². The third-order valence-electron chi connectivity index (χ3n) is 3.45. The Morgan fingerprint density at radius 2 is 1.77 bits per heavy atom. The van der Waals surface area contributed by atoms with Gasteiger partial charge in [0.15, 0.2) is 5.96 Å². The van der Waals surface area contributed by atoms with Crippen LogP contribution in [0.3, 0.4) is 0 Å². The van der Waals surface area contributed by atoms with Crippen LogP contribution in [0.25, 0.3) is 0 Å². The SMILES string of the molecule is CN=C(NCc1ccccc1F)NCc1cccnc1OCCOC.I. The lowest BCUT2D eigenvalue weighted by atomic mass is 10.2. The molecule has 0 unspecified atom stereocenters. The van der Waals surface area contributed by atoms with Crippen molar-refractivity contribution in [3.8, 4) is 5.88 Å². The van der Waals surface area contributed by atoms with Crippen LogP contribution in [0.2, 0.25) is 0 Å². The molecule has 2 rings (SSSR count). The van der Waals surface area contributed by atoms with Crippen molar-refractivity contribution in [2.75, 3.05) is 27.4 Å². The first-order valence-corrected chi connectivity index (χ1v) is 7.98. The summed E-state index contributed by atoms with van der Waals surface area (Å²) in [5.41, 5.74) is 1.47. The Morgan fingerprint density at radius 1 is 1.08 bits per heavy atom. The average molecular weight is 474 g/mol. The summed E-state index contributed by atoms with van der Waals surface area (Å²) in [6, 6.07) is 10.4. The van der Waals surface area contributed by atoms with Gasteiger partial charge in [-0.1, -0.05) is 24.3 Å². The normalized spacial score (nSPS) is 10.8. The van der Waals surface area contributed by atoms with Crippen LogP contribution >= 0.6 is 24.0 Å². The van der Waals surface area contributed by atoms with Crippen LogP contribution in [-0.4, -0.2) is 38.3 Å². The van der Waals surface area contributed by atoms with Crippen molar-refractivity contribution >= 4 is 29.9 Å². The zero-order chi connectivity index (χ0) is 17.9. The number of aliphatic imine (C=N–C) groups is 1. The number of nitrogens with one attached hydrogen (secondary N) is 2. The van der Waals surface area contributed by atoms with Gasteiger partial charge in [0, 0.05) is 44.6 Å². The molecule has 6 nitrogen and oxygen atoms in total. The van der Waals surface area contributed by atoms with Crippen molar-refractivity contribution in [2.45, 2.75) is 13.1 Å². The summed E-state index contributed by atoms with van der Waals surface area (Å²) in [6.07, 6.45) is 1.68. The molecule has 0 aliphatic rings. The largest absolute Gasteiger partial charge is 0.475 e. The van der Waals surface area contributed by atoms with Crippen LogP contribution < -0.4 is 15.4 Å². The molecule has 26 heavy (non-hydrogen) atoms. The molecule has 0 aliphatic heterocycles. The van der Waals surface area contributed by atoms with Crippen molar-refractivity contribution in [3.05, 3.63) is 59.5 Å². The molecule has 0 saturated heterocycles. The summed E-state index contributed by atoms with van der Waals surface area (Å²) in [7, 11) is 3.28. The summed E-state index contributed by atoms with van der Waals surface area (Å²) < 4.78 is 24.2. The van der Waals surface area contributed by atoms with Gasteiger partial charge in [-0.2, -0.15) is 0 Å². The smallest absolute Gasteiger partial charge is 0.218 e. The maximum Gasteiger partial charge on any atom is 0.218 e. The van der Waals surface area contributed by atoms with E-state index in [2.05, 4.69) is 20.6 Å². The number of hydrogen-bond acceptors (Lipinski definition) is 4. The molecule has 0 bridgehead atoms. The summed E-state index contributed by atoms with van der Waals surface area (Å²) in [5.74, 6) is 0.873. The third kappa shape index (κ3) is 7.12. The number of aromatic nitrogens is 1. The van der Waals surface area contributed by atoms with Gasteiger partial charge in [0.1, 0.15) is 12.4 Å². The van der Waals surface area contributed by atoms with Crippen LogP contribution in [0.1, 0.15) is 11.1 Å². The number of benzene rings is 1. The van der Waals surface area contributed by atoms with Gasteiger partial charge in [-0.3, -0.25) is 4.99 Å². The number of rotatable bonds is 8. The van der Waals surface area contributed by atoms with Crippen molar-refractivity contribution in [1.29, 1.82) is 0 Å². The van der Waals surface area contributed by atoms with E-state index in [4.69, 9.17) is 9.47 Å². The molecule has 1 aromatic carbocycles. The summed E-state index contributed by atoms with van der Waals surface area (Å²) >= 11 is 0. The first-order valence-electron chi connectivity index (χ1n) is 7.98. The van der Waals surface area contributed by atoms with Crippen molar-refractivity contribution in [2.24, 2.45) is 4.99 Å². The molecule has 0 saturated carbocycles. The molecule has 0 spiro atoms. The van der Waals surface area contributed by atoms with Gasteiger partial charge in [0.25, 0.3) is 0 Å². The Morgan fingerprint density at radius 3 is 2.46 bits per heavy atom. The standard InChI is InChI=1S/C18H23FN4O2.HI/c1-20-18(22-12-14-6-3-4-8-16(14)19)23-13-15-7-5-9-21-17(15)25-11-10-24-2;/h3-9H,10-13H2,1-2H3,(H2,20,22,23);1H. The average Bonchev–Trinajstić information content (AvgIpc) is 2.64. The second kappa shape index (κ2) is 12.4. The quantitative estimate of drug-likeness (QED) is 0.267. The van der Waals surface area contributed by atoms with E-state index in [1.165, 1.54) is 6.07 Å². The molecule has 0 fully saturated rings. The van der Waals surface area contributed by atoms with Crippen molar-refractivity contribution in [1.82, 2.24) is 15.6 Å². The van der Waals surface area contributed by atoms with Crippen LogP contribution in [0.5, 0.6) is 5.88 Å². The van der Waals surface area contributed by atoms with E-state index >= 15 is 0 Å². The fraction of sp³-hybridized carbons (Fsp3) is 0.333. The Kier molecular flexibility index (Phi) is 10.6. The molecule has 1 aromatic heterocycles. The second-order valence-electron chi connectivity index (χ2n) is 5.18. The number of guanidine groups is 1. The number of hydrogen-bond donors (Lipinski definition) is 2. The van der Waals surface area contributed by atoms with E-state index < -0.39 is 0 Å². The second-order valence-corrected chi connectivity index (χ2v) is 5.18. The molecule has 0 atom stereocenters. The number of methoxy groups -OCH3 is 1. The van der Waals surface area contributed by atoms with E-state index in [1.54, 1.807) is 38.6 Å². The summed E-state index contributed by atoms with van der Waals surface area (Å²) in [4.78, 5) is 8.38. The lowest BCUT2D eigenvalue weighted by molar-refractivity contribution is 0.143. The molecule has 1 heterocycles. The molecular formula is C18H24FIN4O2. The molecule has 8 heteroatoms. The maximum atomic E-state index is 13.7. The van der Waals surface area contributed by atoms with E-state index in [-0.39, 0.29) is 29.8 Å². The highest BCUT2D eigenvalue weighted by atomic mass is 127. The van der Waals surface area contributed by atoms with Gasteiger partial charge in [0.05, 0.1) is 6.61 Å². The molecule has 2 aromatic rings. The minimum atomic E-state index is -0.244. The van der Waals surface area contributed by atoms with E-state index in [0.717, 1.165) is 5.56 Å². The zero-order valence-corrected chi connectivity index (χ0v) is 17.2. The first kappa shape index (κ1) is 22.1. The minimum Gasteiger partial charge on any atom is -0.475 e. The highest BCUT2D eigenvalue weighted by Crippen LogP contribution is 2.13. The predicted molar refractivity (Wildman–Crippen MR) is 110 cm³/mol. The van der Waals surface area contributed by atoms with Crippen LogP contribution in [0, 0.1) is 5.82 Å². The van der Waals surface area contributed by atoms with E-state index in [9.17, 15) is 4.39 Å². The van der Waals surface area contributed by atoms with E-state index in [1.807, 2.05) is 12.1 Å². The highest BCUT2D eigenvalue weighted by molar-refractivity contribution is 14.0. The number of ether oxygens (including phenoxy) is 2. The van der Waals surface area contributed by atoms with Gasteiger partial charge in [0.2, 0.25) is 5.88 Å². The van der Waals surface area contributed by atoms with Gasteiger partial charge >= 0.3 is 0 Å². The lowest BCUT2D eigenvalue weighted by Gasteiger charge is -2.14. The van der Waals surface area contributed by atoms with Crippen LogP contribution in [0.4, 0.5) is 4.39 Å². The predicted octanol–water partition coefficient (Wildman–Crippen LogP) is 2.73. The lowest BCUT2D eigenvalue weighted by Crippen LogP contribution is -2.36. The Balaban J connectivity index is 0.00000338. The van der Waals surface area contributed by atoms with Crippen LogP contribution in [0.15, 0.2) is 47.6 Å². The van der Waals surface area contributed by atoms with Gasteiger partial charge in [-0.15, -0.1) is 24.0 Å². The number of halogens is 2. The highest BCUT2D eigenvalue weighted by Gasteiger charge is 2.07. The topological polar surface area (TPSA) is 67.8 Å². The Bertz CT molecular complexity index is 700.